The summed E-state index contributed by atoms with van der Waals surface area (Å²) in [5.74, 6) is 1.48. The molecule has 0 saturated carbocycles. The molecule has 0 atom stereocenters. The Morgan fingerprint density at radius 3 is 2.28 bits per heavy atom. The van der Waals surface area contributed by atoms with Gasteiger partial charge in [0.2, 0.25) is 0 Å². The first kappa shape index (κ1) is 13.7. The zero-order valence-electron chi connectivity index (χ0n) is 9.71. The van der Waals surface area contributed by atoms with E-state index in [4.69, 9.17) is 27.9 Å². The molecule has 0 heterocycles. The van der Waals surface area contributed by atoms with Crippen LogP contribution in [0.3, 0.4) is 0 Å². The van der Waals surface area contributed by atoms with E-state index in [1.807, 2.05) is 31.2 Å². The Labute approximate surface area is 125 Å². The number of ether oxygens (including phenoxy) is 1. The fraction of sp³-hybridized carbons (Fsp3) is 0.143. The van der Waals surface area contributed by atoms with Gasteiger partial charge in [0.1, 0.15) is 11.5 Å². The van der Waals surface area contributed by atoms with Crippen LogP contribution in [0.25, 0.3) is 0 Å². The highest BCUT2D eigenvalue weighted by atomic mass is 79.9. The summed E-state index contributed by atoms with van der Waals surface area (Å²) >= 11 is 15.4. The lowest BCUT2D eigenvalue weighted by Crippen LogP contribution is -1.91. The van der Waals surface area contributed by atoms with E-state index in [1.54, 1.807) is 12.1 Å². The van der Waals surface area contributed by atoms with E-state index in [9.17, 15) is 0 Å². The smallest absolute Gasteiger partial charge is 0.132 e. The van der Waals surface area contributed by atoms with E-state index in [1.165, 1.54) is 0 Å². The molecule has 0 bridgehead atoms. The lowest BCUT2D eigenvalue weighted by atomic mass is 10.2. The van der Waals surface area contributed by atoms with Crippen molar-refractivity contribution in [3.63, 3.8) is 0 Å². The van der Waals surface area contributed by atoms with Crippen molar-refractivity contribution in [2.45, 2.75) is 12.3 Å². The van der Waals surface area contributed by atoms with Crippen molar-refractivity contribution in [3.05, 3.63) is 57.6 Å². The van der Waals surface area contributed by atoms with Crippen LogP contribution >= 0.6 is 39.1 Å². The number of rotatable bonds is 3. The average Bonchev–Trinajstić information content (AvgIpc) is 2.34. The maximum atomic E-state index is 5.99. The van der Waals surface area contributed by atoms with Gasteiger partial charge in [0.05, 0.1) is 0 Å². The van der Waals surface area contributed by atoms with Crippen LogP contribution in [0.1, 0.15) is 11.1 Å². The minimum atomic E-state index is 0.648. The van der Waals surface area contributed by atoms with Crippen LogP contribution in [0.15, 0.2) is 36.4 Å². The van der Waals surface area contributed by atoms with Crippen molar-refractivity contribution in [3.8, 4) is 11.5 Å². The Bertz CT molecular complexity index is 570. The molecule has 0 aliphatic rings. The van der Waals surface area contributed by atoms with E-state index in [2.05, 4.69) is 15.9 Å². The number of halogens is 3. The van der Waals surface area contributed by atoms with Gasteiger partial charge in [-0.1, -0.05) is 51.3 Å². The van der Waals surface area contributed by atoms with Gasteiger partial charge in [0.15, 0.2) is 0 Å². The second kappa shape index (κ2) is 5.96. The minimum absolute atomic E-state index is 0.648. The van der Waals surface area contributed by atoms with E-state index in [0.29, 0.717) is 15.4 Å². The van der Waals surface area contributed by atoms with Crippen molar-refractivity contribution >= 4 is 39.1 Å². The third-order valence-electron chi connectivity index (χ3n) is 2.54. The van der Waals surface area contributed by atoms with Crippen LogP contribution in [0.5, 0.6) is 11.5 Å². The molecular formula is C14H11BrCl2O. The number of hydrogen-bond donors (Lipinski definition) is 0. The molecule has 0 aromatic heterocycles. The van der Waals surface area contributed by atoms with Crippen molar-refractivity contribution in [1.82, 2.24) is 0 Å². The molecule has 4 heteroatoms. The van der Waals surface area contributed by atoms with E-state index in [0.717, 1.165) is 22.6 Å². The van der Waals surface area contributed by atoms with Crippen LogP contribution in [0.4, 0.5) is 0 Å². The maximum Gasteiger partial charge on any atom is 0.132 e. The molecule has 2 aromatic carbocycles. The predicted molar refractivity (Wildman–Crippen MR) is 80.3 cm³/mol. The molecule has 0 fully saturated rings. The molecule has 0 spiro atoms. The molecule has 2 aromatic rings. The second-order valence-corrected chi connectivity index (χ2v) is 5.33. The average molecular weight is 346 g/mol. The summed E-state index contributed by atoms with van der Waals surface area (Å²) in [5, 5.41) is 2.01. The Morgan fingerprint density at radius 1 is 1.00 bits per heavy atom. The SMILES string of the molecule is Cc1ccc(Cl)cc1Oc1cc(Cl)ccc1CBr. The summed E-state index contributed by atoms with van der Waals surface area (Å²) in [7, 11) is 0. The lowest BCUT2D eigenvalue weighted by Gasteiger charge is -2.12. The molecule has 94 valence electrons. The highest BCUT2D eigenvalue weighted by Gasteiger charge is 2.07. The molecule has 2 rings (SSSR count). The summed E-state index contributed by atoms with van der Waals surface area (Å²) in [6, 6.07) is 11.2. The van der Waals surface area contributed by atoms with Gasteiger partial charge in [-0.2, -0.15) is 0 Å². The van der Waals surface area contributed by atoms with Gasteiger partial charge in [0.25, 0.3) is 0 Å². The third-order valence-corrected chi connectivity index (χ3v) is 3.62. The largest absolute Gasteiger partial charge is 0.457 e. The molecule has 18 heavy (non-hydrogen) atoms. The van der Waals surface area contributed by atoms with Gasteiger partial charge in [-0.05, 0) is 36.8 Å². The first-order valence-electron chi connectivity index (χ1n) is 5.38. The highest BCUT2D eigenvalue weighted by Crippen LogP contribution is 2.32. The fourth-order valence-corrected chi connectivity index (χ4v) is 2.32. The van der Waals surface area contributed by atoms with Crippen LogP contribution in [0, 0.1) is 6.92 Å². The number of hydrogen-bond acceptors (Lipinski definition) is 1. The monoisotopic (exact) mass is 344 g/mol. The predicted octanol–water partition coefficient (Wildman–Crippen LogP) is 5.99. The van der Waals surface area contributed by atoms with Gasteiger partial charge in [-0.15, -0.1) is 0 Å². The molecule has 0 saturated heterocycles. The van der Waals surface area contributed by atoms with Gasteiger partial charge in [-0.3, -0.25) is 0 Å². The number of benzene rings is 2. The number of aryl methyl sites for hydroxylation is 1. The third kappa shape index (κ3) is 3.19. The summed E-state index contributed by atoms with van der Waals surface area (Å²) in [5.41, 5.74) is 2.07. The lowest BCUT2D eigenvalue weighted by molar-refractivity contribution is 0.475. The van der Waals surface area contributed by atoms with Gasteiger partial charge >= 0.3 is 0 Å². The summed E-state index contributed by atoms with van der Waals surface area (Å²) < 4.78 is 5.89. The Hall–Kier alpha value is -0.700. The summed E-state index contributed by atoms with van der Waals surface area (Å²) in [4.78, 5) is 0. The molecule has 0 aliphatic heterocycles. The van der Waals surface area contributed by atoms with Crippen molar-refractivity contribution in [2.24, 2.45) is 0 Å². The van der Waals surface area contributed by atoms with Crippen LogP contribution < -0.4 is 4.74 Å². The van der Waals surface area contributed by atoms with Crippen LogP contribution in [-0.4, -0.2) is 0 Å². The van der Waals surface area contributed by atoms with Gasteiger partial charge < -0.3 is 4.74 Å². The maximum absolute atomic E-state index is 5.99. The summed E-state index contributed by atoms with van der Waals surface area (Å²) in [6.07, 6.45) is 0. The van der Waals surface area contributed by atoms with Crippen molar-refractivity contribution in [1.29, 1.82) is 0 Å². The molecular weight excluding hydrogens is 335 g/mol. The van der Waals surface area contributed by atoms with Crippen molar-refractivity contribution in [2.75, 3.05) is 0 Å². The molecule has 0 unspecified atom stereocenters. The molecule has 0 amide bonds. The molecule has 0 aliphatic carbocycles. The van der Waals surface area contributed by atoms with Crippen LogP contribution in [-0.2, 0) is 5.33 Å². The Morgan fingerprint density at radius 2 is 1.61 bits per heavy atom. The Balaban J connectivity index is 2.38. The van der Waals surface area contributed by atoms with Crippen molar-refractivity contribution < 1.29 is 4.74 Å². The molecule has 0 radical (unpaired) electrons. The topological polar surface area (TPSA) is 9.23 Å². The minimum Gasteiger partial charge on any atom is -0.457 e. The molecule has 1 nitrogen and oxygen atoms in total. The quantitative estimate of drug-likeness (QED) is 0.621. The van der Waals surface area contributed by atoms with E-state index < -0.39 is 0 Å². The zero-order chi connectivity index (χ0) is 13.1. The van der Waals surface area contributed by atoms with E-state index >= 15 is 0 Å². The van der Waals surface area contributed by atoms with E-state index in [-0.39, 0.29) is 0 Å². The fourth-order valence-electron chi connectivity index (χ4n) is 1.54. The Kier molecular flexibility index (Phi) is 4.55. The van der Waals surface area contributed by atoms with Gasteiger partial charge in [0, 0.05) is 20.9 Å². The second-order valence-electron chi connectivity index (χ2n) is 3.90. The first-order chi connectivity index (χ1) is 8.60. The zero-order valence-corrected chi connectivity index (χ0v) is 12.8. The number of alkyl halides is 1. The first-order valence-corrected chi connectivity index (χ1v) is 7.26. The highest BCUT2D eigenvalue weighted by molar-refractivity contribution is 9.08. The molecule has 0 N–H and O–H groups in total. The van der Waals surface area contributed by atoms with Gasteiger partial charge in [-0.25, -0.2) is 0 Å². The normalized spacial score (nSPS) is 10.4. The van der Waals surface area contributed by atoms with Crippen LogP contribution in [0.2, 0.25) is 10.0 Å². The summed E-state index contributed by atoms with van der Waals surface area (Å²) in [6.45, 7) is 1.98. The standard InChI is InChI=1S/C14H11BrCl2O/c1-9-2-4-11(16)6-13(9)18-14-7-12(17)5-3-10(14)8-15/h2-7H,8H2,1H3.